The predicted octanol–water partition coefficient (Wildman–Crippen LogP) is 2.74. The number of nitrogens with zero attached hydrogens (tertiary/aromatic N) is 1. The molecule has 0 saturated carbocycles. The van der Waals surface area contributed by atoms with Gasteiger partial charge in [0, 0.05) is 12.1 Å². The molecule has 1 aliphatic rings. The summed E-state index contributed by atoms with van der Waals surface area (Å²) in [6.07, 6.45) is 0.518. The second-order valence-corrected chi connectivity index (χ2v) is 9.71. The Hall–Kier alpha value is -3.76. The van der Waals surface area contributed by atoms with Gasteiger partial charge in [0.2, 0.25) is 15.9 Å². The zero-order chi connectivity index (χ0) is 25.0. The third-order valence-corrected chi connectivity index (χ3v) is 7.11. The topological polar surface area (TPSA) is 113 Å². The SMILES string of the molecule is O=C(O)COc1ccc(F)cc1C1c2ccccc2CCN1C(=O)CNS(=O)(=O)c1ccccc1. The van der Waals surface area contributed by atoms with Gasteiger partial charge in [-0.3, -0.25) is 4.79 Å². The predicted molar refractivity (Wildman–Crippen MR) is 125 cm³/mol. The van der Waals surface area contributed by atoms with Gasteiger partial charge in [0.05, 0.1) is 17.5 Å². The number of fused-ring (bicyclic) bond motifs is 1. The molecule has 0 spiro atoms. The highest BCUT2D eigenvalue weighted by Gasteiger charge is 2.34. The average molecular weight is 499 g/mol. The third-order valence-electron chi connectivity index (χ3n) is 5.69. The van der Waals surface area contributed by atoms with E-state index in [1.165, 1.54) is 29.2 Å². The van der Waals surface area contributed by atoms with Crippen molar-refractivity contribution in [1.82, 2.24) is 9.62 Å². The van der Waals surface area contributed by atoms with Crippen molar-refractivity contribution in [3.63, 3.8) is 0 Å². The van der Waals surface area contributed by atoms with Crippen LogP contribution in [0.5, 0.6) is 5.75 Å². The number of benzene rings is 3. The fourth-order valence-corrected chi connectivity index (χ4v) is 5.11. The molecule has 0 aliphatic carbocycles. The maximum absolute atomic E-state index is 14.3. The van der Waals surface area contributed by atoms with E-state index >= 15 is 0 Å². The van der Waals surface area contributed by atoms with Gasteiger partial charge in [-0.1, -0.05) is 42.5 Å². The maximum Gasteiger partial charge on any atom is 0.341 e. The van der Waals surface area contributed by atoms with Gasteiger partial charge in [0.15, 0.2) is 6.61 Å². The summed E-state index contributed by atoms with van der Waals surface area (Å²) < 4.78 is 47.3. The van der Waals surface area contributed by atoms with Crippen LogP contribution in [0.15, 0.2) is 77.7 Å². The molecule has 0 radical (unpaired) electrons. The van der Waals surface area contributed by atoms with Crippen LogP contribution in [0.2, 0.25) is 0 Å². The molecule has 2 N–H and O–H groups in total. The molecule has 1 heterocycles. The first kappa shape index (κ1) is 24.4. The van der Waals surface area contributed by atoms with Crippen LogP contribution in [-0.2, 0) is 26.0 Å². The number of sulfonamides is 1. The third kappa shape index (κ3) is 5.50. The molecule has 10 heteroatoms. The average Bonchev–Trinajstić information content (AvgIpc) is 2.86. The molecule has 35 heavy (non-hydrogen) atoms. The normalized spacial score (nSPS) is 15.3. The summed E-state index contributed by atoms with van der Waals surface area (Å²) in [6, 6.07) is 17.9. The van der Waals surface area contributed by atoms with Crippen molar-refractivity contribution in [2.24, 2.45) is 0 Å². The summed E-state index contributed by atoms with van der Waals surface area (Å²) in [5, 5.41) is 9.04. The smallest absolute Gasteiger partial charge is 0.341 e. The fraction of sp³-hybridized carbons (Fsp3) is 0.200. The maximum atomic E-state index is 14.3. The Bertz CT molecular complexity index is 1350. The summed E-state index contributed by atoms with van der Waals surface area (Å²) in [6.45, 7) is -0.892. The Morgan fingerprint density at radius 1 is 1.03 bits per heavy atom. The Morgan fingerprint density at radius 2 is 1.74 bits per heavy atom. The van der Waals surface area contributed by atoms with Crippen molar-refractivity contribution in [3.05, 3.63) is 95.3 Å². The van der Waals surface area contributed by atoms with Gasteiger partial charge in [-0.15, -0.1) is 0 Å². The van der Waals surface area contributed by atoms with E-state index in [-0.39, 0.29) is 22.8 Å². The number of aliphatic carboxylic acids is 1. The quantitative estimate of drug-likeness (QED) is 0.494. The van der Waals surface area contributed by atoms with Crippen LogP contribution in [0, 0.1) is 5.82 Å². The number of carbonyl (C=O) groups excluding carboxylic acids is 1. The zero-order valence-corrected chi connectivity index (χ0v) is 19.4. The highest BCUT2D eigenvalue weighted by atomic mass is 32.2. The molecule has 3 aromatic rings. The lowest BCUT2D eigenvalue weighted by molar-refractivity contribution is -0.139. The first-order chi connectivity index (χ1) is 16.8. The van der Waals surface area contributed by atoms with Gasteiger partial charge in [-0.25, -0.2) is 22.3 Å². The second kappa shape index (κ2) is 10.2. The van der Waals surface area contributed by atoms with Gasteiger partial charge in [0.1, 0.15) is 11.6 Å². The number of rotatable bonds is 8. The van der Waals surface area contributed by atoms with Crippen molar-refractivity contribution in [2.75, 3.05) is 19.7 Å². The van der Waals surface area contributed by atoms with E-state index in [2.05, 4.69) is 4.72 Å². The minimum absolute atomic E-state index is 0.0304. The van der Waals surface area contributed by atoms with Crippen LogP contribution >= 0.6 is 0 Å². The number of halogens is 1. The van der Waals surface area contributed by atoms with E-state index in [4.69, 9.17) is 9.84 Å². The summed E-state index contributed by atoms with van der Waals surface area (Å²) in [4.78, 5) is 25.9. The number of ether oxygens (including phenoxy) is 1. The molecule has 3 aromatic carbocycles. The molecular weight excluding hydrogens is 475 g/mol. The van der Waals surface area contributed by atoms with Crippen molar-refractivity contribution in [3.8, 4) is 5.75 Å². The number of carboxylic acids is 1. The van der Waals surface area contributed by atoms with Gasteiger partial charge in [0.25, 0.3) is 0 Å². The lowest BCUT2D eigenvalue weighted by Gasteiger charge is -2.38. The van der Waals surface area contributed by atoms with Crippen LogP contribution in [-0.4, -0.2) is 50.0 Å². The van der Waals surface area contributed by atoms with Gasteiger partial charge < -0.3 is 14.7 Å². The van der Waals surface area contributed by atoms with Crippen molar-refractivity contribution in [2.45, 2.75) is 17.4 Å². The zero-order valence-electron chi connectivity index (χ0n) is 18.6. The molecule has 0 bridgehead atoms. The lowest BCUT2D eigenvalue weighted by Crippen LogP contribution is -2.45. The monoisotopic (exact) mass is 498 g/mol. The number of nitrogens with one attached hydrogen (secondary N) is 1. The Balaban J connectivity index is 1.68. The van der Waals surface area contributed by atoms with Gasteiger partial charge in [-0.2, -0.15) is 0 Å². The number of carboxylic acid groups (broad SMARTS) is 1. The van der Waals surface area contributed by atoms with Crippen LogP contribution in [0.1, 0.15) is 22.7 Å². The number of hydrogen-bond donors (Lipinski definition) is 2. The van der Waals surface area contributed by atoms with E-state index in [9.17, 15) is 22.4 Å². The van der Waals surface area contributed by atoms with Crippen LogP contribution in [0.25, 0.3) is 0 Å². The van der Waals surface area contributed by atoms with E-state index in [0.29, 0.717) is 6.42 Å². The number of amides is 1. The first-order valence-electron chi connectivity index (χ1n) is 10.8. The number of carbonyl (C=O) groups is 2. The first-order valence-corrected chi connectivity index (χ1v) is 12.3. The van der Waals surface area contributed by atoms with Gasteiger partial charge >= 0.3 is 5.97 Å². The summed E-state index contributed by atoms with van der Waals surface area (Å²) in [5.41, 5.74) is 1.95. The Labute approximate surface area is 202 Å². The molecule has 1 aliphatic heterocycles. The van der Waals surface area contributed by atoms with Gasteiger partial charge in [-0.05, 0) is 47.9 Å². The molecule has 1 atom stereocenters. The summed E-state index contributed by atoms with van der Waals surface area (Å²) in [7, 11) is -3.92. The Kier molecular flexibility index (Phi) is 7.13. The van der Waals surface area contributed by atoms with Crippen molar-refractivity contribution in [1.29, 1.82) is 0 Å². The van der Waals surface area contributed by atoms with Crippen LogP contribution < -0.4 is 9.46 Å². The van der Waals surface area contributed by atoms with E-state index in [1.807, 2.05) is 12.1 Å². The molecule has 4 rings (SSSR count). The van der Waals surface area contributed by atoms with E-state index in [1.54, 1.807) is 30.3 Å². The molecule has 182 valence electrons. The molecule has 8 nitrogen and oxygen atoms in total. The molecule has 0 aromatic heterocycles. The molecule has 0 fully saturated rings. The molecule has 0 saturated heterocycles. The van der Waals surface area contributed by atoms with Crippen molar-refractivity contribution >= 4 is 21.9 Å². The highest BCUT2D eigenvalue weighted by Crippen LogP contribution is 2.39. The van der Waals surface area contributed by atoms with E-state index in [0.717, 1.165) is 17.2 Å². The standard InChI is InChI=1S/C25H23FN2O6S/c26-18-10-11-22(34-16-24(30)31)21(14-18)25-20-9-5-4-6-17(20)12-13-28(25)23(29)15-27-35(32,33)19-7-2-1-3-8-19/h1-11,14,25,27H,12-13,15-16H2,(H,30,31). The van der Waals surface area contributed by atoms with Crippen LogP contribution in [0.3, 0.4) is 0 Å². The van der Waals surface area contributed by atoms with E-state index < -0.39 is 46.9 Å². The fourth-order valence-electron chi connectivity index (χ4n) is 4.12. The second-order valence-electron chi connectivity index (χ2n) is 7.94. The summed E-state index contributed by atoms with van der Waals surface area (Å²) >= 11 is 0. The minimum Gasteiger partial charge on any atom is -0.482 e. The Morgan fingerprint density at radius 3 is 2.49 bits per heavy atom. The molecule has 1 amide bonds. The minimum atomic E-state index is -3.92. The van der Waals surface area contributed by atoms with Crippen molar-refractivity contribution < 1.29 is 32.2 Å². The summed E-state index contributed by atoms with van der Waals surface area (Å²) in [5.74, 6) is -2.17. The largest absolute Gasteiger partial charge is 0.482 e. The lowest BCUT2D eigenvalue weighted by atomic mass is 9.87. The van der Waals surface area contributed by atoms with Crippen LogP contribution in [0.4, 0.5) is 4.39 Å². The molecule has 1 unspecified atom stereocenters. The number of hydrogen-bond acceptors (Lipinski definition) is 5. The molecular formula is C25H23FN2O6S. The highest BCUT2D eigenvalue weighted by molar-refractivity contribution is 7.89.